The highest BCUT2D eigenvalue weighted by Crippen LogP contribution is 2.45. The SMILES string of the molecule is CC1(C)CN(C(=O)C2CC2)CCN1C(=O)CC1(C(=O)O)CCC1. The highest BCUT2D eigenvalue weighted by atomic mass is 16.4. The Hall–Kier alpha value is -1.59. The Morgan fingerprint density at radius 1 is 1.13 bits per heavy atom. The Morgan fingerprint density at radius 2 is 1.78 bits per heavy atom. The lowest BCUT2D eigenvalue weighted by atomic mass is 9.66. The van der Waals surface area contributed by atoms with Gasteiger partial charge in [0.05, 0.1) is 11.0 Å². The predicted molar refractivity (Wildman–Crippen MR) is 83.6 cm³/mol. The largest absolute Gasteiger partial charge is 0.481 e. The molecule has 0 aromatic rings. The summed E-state index contributed by atoms with van der Waals surface area (Å²) >= 11 is 0. The number of carboxylic acid groups (broad SMARTS) is 1. The Balaban J connectivity index is 1.65. The van der Waals surface area contributed by atoms with Crippen LogP contribution >= 0.6 is 0 Å². The zero-order chi connectivity index (χ0) is 16.8. The smallest absolute Gasteiger partial charge is 0.310 e. The molecule has 6 heteroatoms. The van der Waals surface area contributed by atoms with Crippen molar-refractivity contribution in [3.63, 3.8) is 0 Å². The van der Waals surface area contributed by atoms with Crippen LogP contribution in [0.2, 0.25) is 0 Å². The number of hydrogen-bond donors (Lipinski definition) is 1. The van der Waals surface area contributed by atoms with Crippen molar-refractivity contribution in [1.82, 2.24) is 9.80 Å². The van der Waals surface area contributed by atoms with E-state index in [1.165, 1.54) is 0 Å². The first kappa shape index (κ1) is 16.3. The van der Waals surface area contributed by atoms with Gasteiger partial charge < -0.3 is 14.9 Å². The third-order valence-corrected chi connectivity index (χ3v) is 5.70. The zero-order valence-electron chi connectivity index (χ0n) is 14.0. The van der Waals surface area contributed by atoms with E-state index in [4.69, 9.17) is 0 Å². The minimum absolute atomic E-state index is 0.0856. The molecule has 6 nitrogen and oxygen atoms in total. The third-order valence-electron chi connectivity index (χ3n) is 5.70. The summed E-state index contributed by atoms with van der Waals surface area (Å²) in [6.07, 6.45) is 4.12. The van der Waals surface area contributed by atoms with Crippen LogP contribution in [0.3, 0.4) is 0 Å². The van der Waals surface area contributed by atoms with Gasteiger partial charge in [-0.1, -0.05) is 6.42 Å². The van der Waals surface area contributed by atoms with Crippen LogP contribution in [-0.2, 0) is 14.4 Å². The summed E-state index contributed by atoms with van der Waals surface area (Å²) in [6, 6.07) is 0. The number of carbonyl (C=O) groups is 3. The Morgan fingerprint density at radius 3 is 2.22 bits per heavy atom. The molecule has 0 unspecified atom stereocenters. The quantitative estimate of drug-likeness (QED) is 0.850. The van der Waals surface area contributed by atoms with Crippen molar-refractivity contribution in [3.05, 3.63) is 0 Å². The van der Waals surface area contributed by atoms with Crippen LogP contribution in [0.25, 0.3) is 0 Å². The van der Waals surface area contributed by atoms with E-state index in [1.807, 2.05) is 18.7 Å². The Labute approximate surface area is 136 Å². The molecule has 2 amide bonds. The molecule has 3 fully saturated rings. The van der Waals surface area contributed by atoms with Crippen LogP contribution in [0.1, 0.15) is 52.4 Å². The second-order valence-corrected chi connectivity index (χ2v) is 8.01. The van der Waals surface area contributed by atoms with E-state index < -0.39 is 16.9 Å². The monoisotopic (exact) mass is 322 g/mol. The van der Waals surface area contributed by atoms with Crippen molar-refractivity contribution in [1.29, 1.82) is 0 Å². The first-order chi connectivity index (χ1) is 10.8. The lowest BCUT2D eigenvalue weighted by molar-refractivity contribution is -0.162. The Kier molecular flexibility index (Phi) is 3.89. The summed E-state index contributed by atoms with van der Waals surface area (Å²) < 4.78 is 0. The van der Waals surface area contributed by atoms with Crippen LogP contribution in [0.4, 0.5) is 0 Å². The van der Waals surface area contributed by atoms with Gasteiger partial charge in [-0.2, -0.15) is 0 Å². The highest BCUT2D eigenvalue weighted by molar-refractivity contribution is 5.86. The molecule has 0 bridgehead atoms. The molecule has 1 aliphatic heterocycles. The van der Waals surface area contributed by atoms with Gasteiger partial charge in [-0.3, -0.25) is 14.4 Å². The molecule has 3 aliphatic rings. The van der Waals surface area contributed by atoms with E-state index in [2.05, 4.69) is 0 Å². The normalized spacial score (nSPS) is 25.7. The highest BCUT2D eigenvalue weighted by Gasteiger charge is 2.49. The lowest BCUT2D eigenvalue weighted by Crippen LogP contribution is -2.63. The molecule has 0 aromatic carbocycles. The van der Waals surface area contributed by atoms with E-state index >= 15 is 0 Å². The molecule has 0 aromatic heterocycles. The van der Waals surface area contributed by atoms with Gasteiger partial charge in [0.2, 0.25) is 11.8 Å². The Bertz CT molecular complexity index is 535. The summed E-state index contributed by atoms with van der Waals surface area (Å²) in [5.74, 6) is -0.530. The van der Waals surface area contributed by atoms with Crippen molar-refractivity contribution in [3.8, 4) is 0 Å². The summed E-state index contributed by atoms with van der Waals surface area (Å²) in [6.45, 7) is 5.52. The average Bonchev–Trinajstić information content (AvgIpc) is 3.24. The molecular formula is C17H26N2O4. The maximum absolute atomic E-state index is 12.7. The average molecular weight is 322 g/mol. The van der Waals surface area contributed by atoms with Crippen molar-refractivity contribution in [2.24, 2.45) is 11.3 Å². The van der Waals surface area contributed by atoms with E-state index in [0.29, 0.717) is 32.5 Å². The standard InChI is InChI=1S/C17H26N2O4/c1-16(2)11-18(14(21)12-4-5-12)8-9-19(16)13(20)10-17(15(22)23)6-3-7-17/h12H,3-11H2,1-2H3,(H,22,23). The van der Waals surface area contributed by atoms with Crippen LogP contribution < -0.4 is 0 Å². The van der Waals surface area contributed by atoms with E-state index in [9.17, 15) is 19.5 Å². The van der Waals surface area contributed by atoms with Gasteiger partial charge in [-0.15, -0.1) is 0 Å². The number of hydrogen-bond acceptors (Lipinski definition) is 3. The fraction of sp³-hybridized carbons (Fsp3) is 0.824. The molecule has 2 saturated carbocycles. The summed E-state index contributed by atoms with van der Waals surface area (Å²) in [4.78, 5) is 40.1. The molecule has 0 radical (unpaired) electrons. The summed E-state index contributed by atoms with van der Waals surface area (Å²) in [7, 11) is 0. The van der Waals surface area contributed by atoms with Crippen LogP contribution in [0.5, 0.6) is 0 Å². The molecule has 1 N–H and O–H groups in total. The van der Waals surface area contributed by atoms with Gasteiger partial charge in [-0.05, 0) is 39.5 Å². The van der Waals surface area contributed by atoms with E-state index in [-0.39, 0.29) is 24.2 Å². The fourth-order valence-corrected chi connectivity index (χ4v) is 3.85. The molecular weight excluding hydrogens is 296 g/mol. The van der Waals surface area contributed by atoms with Crippen molar-refractivity contribution in [2.75, 3.05) is 19.6 Å². The maximum atomic E-state index is 12.7. The molecule has 0 atom stereocenters. The second-order valence-electron chi connectivity index (χ2n) is 8.01. The molecule has 128 valence electrons. The zero-order valence-corrected chi connectivity index (χ0v) is 14.0. The van der Waals surface area contributed by atoms with Crippen molar-refractivity contribution in [2.45, 2.75) is 57.9 Å². The molecule has 1 saturated heterocycles. The number of piperazine rings is 1. The van der Waals surface area contributed by atoms with Gasteiger partial charge in [0.15, 0.2) is 0 Å². The van der Waals surface area contributed by atoms with Crippen molar-refractivity contribution >= 4 is 17.8 Å². The lowest BCUT2D eigenvalue weighted by Gasteiger charge is -2.48. The molecule has 1 heterocycles. The topological polar surface area (TPSA) is 77.9 Å². The maximum Gasteiger partial charge on any atom is 0.310 e. The summed E-state index contributed by atoms with van der Waals surface area (Å²) in [5, 5.41) is 9.42. The molecule has 2 aliphatic carbocycles. The van der Waals surface area contributed by atoms with Gasteiger partial charge in [0.25, 0.3) is 0 Å². The first-order valence-electron chi connectivity index (χ1n) is 8.58. The third kappa shape index (κ3) is 2.95. The number of carboxylic acids is 1. The van der Waals surface area contributed by atoms with Crippen LogP contribution in [0.15, 0.2) is 0 Å². The minimum atomic E-state index is -0.853. The number of carbonyl (C=O) groups excluding carboxylic acids is 2. The van der Waals surface area contributed by atoms with Gasteiger partial charge in [-0.25, -0.2) is 0 Å². The van der Waals surface area contributed by atoms with Crippen LogP contribution in [0, 0.1) is 11.3 Å². The molecule has 0 spiro atoms. The van der Waals surface area contributed by atoms with E-state index in [0.717, 1.165) is 19.3 Å². The summed E-state index contributed by atoms with van der Waals surface area (Å²) in [5.41, 5.74) is -1.29. The molecule has 23 heavy (non-hydrogen) atoms. The number of aliphatic carboxylic acids is 1. The number of rotatable bonds is 4. The number of nitrogens with zero attached hydrogens (tertiary/aromatic N) is 2. The molecule has 3 rings (SSSR count). The fourth-order valence-electron chi connectivity index (χ4n) is 3.85. The first-order valence-corrected chi connectivity index (χ1v) is 8.58. The van der Waals surface area contributed by atoms with Gasteiger partial charge in [0, 0.05) is 32.0 Å². The van der Waals surface area contributed by atoms with Crippen molar-refractivity contribution < 1.29 is 19.5 Å². The predicted octanol–water partition coefficient (Wildman–Crippen LogP) is 1.49. The number of amides is 2. The second kappa shape index (κ2) is 5.49. The van der Waals surface area contributed by atoms with Gasteiger partial charge in [0.1, 0.15) is 0 Å². The minimum Gasteiger partial charge on any atom is -0.481 e. The van der Waals surface area contributed by atoms with Gasteiger partial charge >= 0.3 is 5.97 Å². The van der Waals surface area contributed by atoms with E-state index in [1.54, 1.807) is 4.90 Å². The van der Waals surface area contributed by atoms with Crippen LogP contribution in [-0.4, -0.2) is 57.9 Å².